The largest absolute Gasteiger partial charge is 0.497 e. The minimum absolute atomic E-state index is 0.182. The van der Waals surface area contributed by atoms with E-state index >= 15 is 0 Å². The van der Waals surface area contributed by atoms with E-state index in [0.29, 0.717) is 28.7 Å². The highest BCUT2D eigenvalue weighted by atomic mass is 16.5. The van der Waals surface area contributed by atoms with Crippen LogP contribution in [0.2, 0.25) is 0 Å². The zero-order valence-electron chi connectivity index (χ0n) is 19.4. The van der Waals surface area contributed by atoms with Gasteiger partial charge in [-0.15, -0.1) is 0 Å². The smallest absolute Gasteiger partial charge is 0.256 e. The van der Waals surface area contributed by atoms with Crippen LogP contribution in [0.5, 0.6) is 11.5 Å². The van der Waals surface area contributed by atoms with E-state index in [9.17, 15) is 4.79 Å². The average Bonchev–Trinajstić information content (AvgIpc) is 2.87. The molecule has 1 atom stereocenters. The van der Waals surface area contributed by atoms with Crippen LogP contribution in [0.3, 0.4) is 0 Å². The van der Waals surface area contributed by atoms with Crippen LogP contribution in [0.15, 0.2) is 72.8 Å². The fraction of sp³-hybridized carbons (Fsp3) is 0.214. The Kier molecular flexibility index (Phi) is 6.59. The van der Waals surface area contributed by atoms with E-state index in [-0.39, 0.29) is 5.91 Å². The predicted molar refractivity (Wildman–Crippen MR) is 133 cm³/mol. The Labute approximate surface area is 194 Å². The molecular formula is C28H28N2O3. The van der Waals surface area contributed by atoms with Crippen LogP contribution >= 0.6 is 0 Å². The number of carbonyl (C=O) groups excluding carboxylic acids is 1. The molecule has 4 rings (SSSR count). The van der Waals surface area contributed by atoms with Crippen LogP contribution < -0.4 is 14.8 Å². The summed E-state index contributed by atoms with van der Waals surface area (Å²) in [6.45, 7) is 4.37. The molecule has 168 valence electrons. The molecule has 1 amide bonds. The Morgan fingerprint density at radius 2 is 1.73 bits per heavy atom. The van der Waals surface area contributed by atoms with Gasteiger partial charge in [0.15, 0.2) is 0 Å². The van der Waals surface area contributed by atoms with Gasteiger partial charge in [-0.05, 0) is 54.3 Å². The van der Waals surface area contributed by atoms with Crippen LogP contribution in [0.4, 0.5) is 5.69 Å². The van der Waals surface area contributed by atoms with Crippen molar-refractivity contribution in [2.45, 2.75) is 26.2 Å². The van der Waals surface area contributed by atoms with Gasteiger partial charge < -0.3 is 14.8 Å². The number of rotatable bonds is 7. The predicted octanol–water partition coefficient (Wildman–Crippen LogP) is 6.68. The molecule has 1 unspecified atom stereocenters. The van der Waals surface area contributed by atoms with Crippen molar-refractivity contribution in [3.05, 3.63) is 83.9 Å². The van der Waals surface area contributed by atoms with Gasteiger partial charge in [-0.25, -0.2) is 4.98 Å². The van der Waals surface area contributed by atoms with Crippen LogP contribution in [0, 0.1) is 0 Å². The third-order valence-corrected chi connectivity index (χ3v) is 6.00. The molecule has 0 saturated heterocycles. The van der Waals surface area contributed by atoms with E-state index in [4.69, 9.17) is 14.5 Å². The van der Waals surface area contributed by atoms with E-state index in [2.05, 4.69) is 31.3 Å². The number of nitrogens with one attached hydrogen (secondary N) is 1. The lowest BCUT2D eigenvalue weighted by Gasteiger charge is -2.14. The Morgan fingerprint density at radius 3 is 2.42 bits per heavy atom. The van der Waals surface area contributed by atoms with Gasteiger partial charge in [0, 0.05) is 22.7 Å². The molecule has 0 radical (unpaired) electrons. The van der Waals surface area contributed by atoms with E-state index in [1.807, 2.05) is 60.7 Å². The van der Waals surface area contributed by atoms with Gasteiger partial charge >= 0.3 is 0 Å². The number of pyridine rings is 1. The summed E-state index contributed by atoms with van der Waals surface area (Å²) < 4.78 is 10.9. The van der Waals surface area contributed by atoms with E-state index in [0.717, 1.165) is 28.6 Å². The van der Waals surface area contributed by atoms with Crippen LogP contribution in [-0.2, 0) is 0 Å². The maximum absolute atomic E-state index is 13.4. The fourth-order valence-corrected chi connectivity index (χ4v) is 3.84. The number of benzene rings is 3. The van der Waals surface area contributed by atoms with E-state index in [1.54, 1.807) is 14.2 Å². The summed E-state index contributed by atoms with van der Waals surface area (Å²) in [5.41, 5.74) is 4.77. The molecule has 0 saturated carbocycles. The number of amides is 1. The molecular weight excluding hydrogens is 412 g/mol. The van der Waals surface area contributed by atoms with Crippen molar-refractivity contribution < 1.29 is 14.3 Å². The Hall–Kier alpha value is -3.86. The molecule has 1 N–H and O–H groups in total. The van der Waals surface area contributed by atoms with Gasteiger partial charge in [0.25, 0.3) is 5.91 Å². The number of aromatic nitrogens is 1. The maximum Gasteiger partial charge on any atom is 0.256 e. The first kappa shape index (κ1) is 22.3. The van der Waals surface area contributed by atoms with Crippen molar-refractivity contribution in [3.8, 4) is 22.8 Å². The first-order chi connectivity index (χ1) is 16.0. The van der Waals surface area contributed by atoms with Crippen molar-refractivity contribution in [1.29, 1.82) is 0 Å². The van der Waals surface area contributed by atoms with Crippen molar-refractivity contribution in [2.24, 2.45) is 0 Å². The zero-order chi connectivity index (χ0) is 23.4. The number of hydrogen-bond acceptors (Lipinski definition) is 4. The summed E-state index contributed by atoms with van der Waals surface area (Å²) in [7, 11) is 3.22. The molecule has 33 heavy (non-hydrogen) atoms. The molecule has 0 aliphatic rings. The molecule has 0 bridgehead atoms. The molecule has 0 spiro atoms. The summed E-state index contributed by atoms with van der Waals surface area (Å²) in [6, 6.07) is 23.1. The number of nitrogens with zero attached hydrogens (tertiary/aromatic N) is 1. The molecule has 1 heterocycles. The molecule has 3 aromatic carbocycles. The number of ether oxygens (including phenoxy) is 2. The highest BCUT2D eigenvalue weighted by Crippen LogP contribution is 2.34. The number of hydrogen-bond donors (Lipinski definition) is 1. The SMILES string of the molecule is CCC(C)c1ccc(NC(=O)c2cc(-c3ccc(OC)cc3OC)nc3ccccc23)cc1. The Bertz CT molecular complexity index is 1280. The number of para-hydroxylation sites is 1. The topological polar surface area (TPSA) is 60.5 Å². The standard InChI is InChI=1S/C28H28N2O3/c1-5-18(2)19-10-12-20(13-11-19)29-28(31)24-17-26(30-25-9-7-6-8-22(24)25)23-15-14-21(32-3)16-27(23)33-4/h6-18H,5H2,1-4H3,(H,29,31). The second-order valence-electron chi connectivity index (χ2n) is 8.02. The van der Waals surface area contributed by atoms with Crippen LogP contribution in [0.1, 0.15) is 42.1 Å². The highest BCUT2D eigenvalue weighted by molar-refractivity contribution is 6.13. The van der Waals surface area contributed by atoms with Crippen LogP contribution in [-0.4, -0.2) is 25.1 Å². The summed E-state index contributed by atoms with van der Waals surface area (Å²) in [6.07, 6.45) is 1.08. The van der Waals surface area contributed by atoms with Gasteiger partial charge in [-0.2, -0.15) is 0 Å². The molecule has 1 aromatic heterocycles. The van der Waals surface area contributed by atoms with Gasteiger partial charge in [-0.1, -0.05) is 44.2 Å². The Morgan fingerprint density at radius 1 is 0.970 bits per heavy atom. The first-order valence-corrected chi connectivity index (χ1v) is 11.1. The highest BCUT2D eigenvalue weighted by Gasteiger charge is 2.17. The second kappa shape index (κ2) is 9.74. The lowest BCUT2D eigenvalue weighted by atomic mass is 9.98. The Balaban J connectivity index is 1.74. The first-order valence-electron chi connectivity index (χ1n) is 11.1. The summed E-state index contributed by atoms with van der Waals surface area (Å²) in [5, 5.41) is 3.84. The zero-order valence-corrected chi connectivity index (χ0v) is 19.4. The van der Waals surface area contributed by atoms with Gasteiger partial charge in [0.05, 0.1) is 31.0 Å². The summed E-state index contributed by atoms with van der Waals surface area (Å²) in [5.74, 6) is 1.62. The number of methoxy groups -OCH3 is 2. The number of fused-ring (bicyclic) bond motifs is 1. The molecule has 0 aliphatic carbocycles. The minimum atomic E-state index is -0.182. The number of carbonyl (C=O) groups is 1. The lowest BCUT2D eigenvalue weighted by Crippen LogP contribution is -2.13. The van der Waals surface area contributed by atoms with Gasteiger partial charge in [-0.3, -0.25) is 4.79 Å². The quantitative estimate of drug-likeness (QED) is 0.348. The molecule has 0 aliphatic heterocycles. The van der Waals surface area contributed by atoms with Crippen LogP contribution in [0.25, 0.3) is 22.2 Å². The third-order valence-electron chi connectivity index (χ3n) is 6.00. The lowest BCUT2D eigenvalue weighted by molar-refractivity contribution is 0.102. The maximum atomic E-state index is 13.4. The van der Waals surface area contributed by atoms with Crippen molar-refractivity contribution in [2.75, 3.05) is 19.5 Å². The van der Waals surface area contributed by atoms with E-state index in [1.165, 1.54) is 5.56 Å². The van der Waals surface area contributed by atoms with E-state index < -0.39 is 0 Å². The van der Waals surface area contributed by atoms with Gasteiger partial charge in [0.1, 0.15) is 11.5 Å². The third kappa shape index (κ3) is 4.67. The fourth-order valence-electron chi connectivity index (χ4n) is 3.84. The average molecular weight is 441 g/mol. The summed E-state index contributed by atoms with van der Waals surface area (Å²) >= 11 is 0. The monoisotopic (exact) mass is 440 g/mol. The van der Waals surface area contributed by atoms with Crippen molar-refractivity contribution >= 4 is 22.5 Å². The van der Waals surface area contributed by atoms with Crippen molar-refractivity contribution in [3.63, 3.8) is 0 Å². The van der Waals surface area contributed by atoms with Crippen molar-refractivity contribution in [1.82, 2.24) is 4.98 Å². The second-order valence-corrected chi connectivity index (χ2v) is 8.02. The molecule has 0 fully saturated rings. The molecule has 4 aromatic rings. The van der Waals surface area contributed by atoms with Gasteiger partial charge in [0.2, 0.25) is 0 Å². The number of anilines is 1. The normalized spacial score (nSPS) is 11.8. The minimum Gasteiger partial charge on any atom is -0.497 e. The molecule has 5 heteroatoms. The summed E-state index contributed by atoms with van der Waals surface area (Å²) in [4.78, 5) is 18.2. The molecule has 5 nitrogen and oxygen atoms in total.